The minimum absolute atomic E-state index is 0.0807. The second-order valence-corrected chi connectivity index (χ2v) is 8.72. The normalized spacial score (nSPS) is 30.7. The van der Waals surface area contributed by atoms with Crippen LogP contribution in [-0.4, -0.2) is 29.8 Å². The molecular weight excluding hydrogens is 366 g/mol. The third-order valence-corrected chi connectivity index (χ3v) is 7.27. The average molecular weight is 380 g/mol. The number of halogens is 1. The summed E-state index contributed by atoms with van der Waals surface area (Å²) in [4.78, 5) is 36.4. The number of carbonyl (C=O) groups is 3. The number of hydrogen-bond acceptors (Lipinski definition) is 5. The van der Waals surface area contributed by atoms with Crippen molar-refractivity contribution in [2.75, 3.05) is 0 Å². The van der Waals surface area contributed by atoms with E-state index < -0.39 is 38.9 Å². The van der Waals surface area contributed by atoms with Gasteiger partial charge in [0.15, 0.2) is 0 Å². The summed E-state index contributed by atoms with van der Waals surface area (Å²) < 4.78 is 26.1. The van der Waals surface area contributed by atoms with Gasteiger partial charge in [0.25, 0.3) is 15.3 Å². The highest BCUT2D eigenvalue weighted by molar-refractivity contribution is 7.90. The van der Waals surface area contributed by atoms with Gasteiger partial charge in [-0.15, -0.1) is 0 Å². The van der Waals surface area contributed by atoms with Gasteiger partial charge < -0.3 is 0 Å². The molecule has 4 unspecified atom stereocenters. The smallest absolute Gasteiger partial charge is 0.273 e. The van der Waals surface area contributed by atoms with E-state index in [0.29, 0.717) is 4.31 Å². The van der Waals surface area contributed by atoms with Crippen molar-refractivity contribution < 1.29 is 22.8 Å². The standard InChI is InChI=1S/C17H14ClNO5S/c18-15(20)11-5-7-12(8-6-11)25(23,24)19-16(21)13-9-1-2-10(4-3-9)14(13)17(19)22/h1-2,5-10,13-14H,3-4H2. The van der Waals surface area contributed by atoms with Crippen LogP contribution >= 0.6 is 11.6 Å². The van der Waals surface area contributed by atoms with Gasteiger partial charge in [-0.3, -0.25) is 14.4 Å². The molecule has 1 saturated heterocycles. The molecule has 1 aromatic carbocycles. The van der Waals surface area contributed by atoms with Gasteiger partial charge in [0.1, 0.15) is 0 Å². The molecule has 0 aromatic heterocycles. The second-order valence-electron chi connectivity index (χ2n) is 6.59. The Labute approximate surface area is 149 Å². The highest BCUT2D eigenvalue weighted by Gasteiger charge is 2.59. The number of hydrogen-bond donors (Lipinski definition) is 0. The molecule has 0 N–H and O–H groups in total. The van der Waals surface area contributed by atoms with Crippen LogP contribution in [0.3, 0.4) is 0 Å². The third kappa shape index (κ3) is 2.29. The maximum Gasteiger partial charge on any atom is 0.273 e. The van der Waals surface area contributed by atoms with Crippen molar-refractivity contribution in [2.24, 2.45) is 23.7 Å². The molecule has 4 aliphatic rings. The molecule has 4 atom stereocenters. The number of carbonyl (C=O) groups excluding carboxylic acids is 3. The molecule has 5 rings (SSSR count). The van der Waals surface area contributed by atoms with Crippen LogP contribution in [0.15, 0.2) is 41.3 Å². The van der Waals surface area contributed by atoms with Crippen molar-refractivity contribution in [3.63, 3.8) is 0 Å². The fourth-order valence-corrected chi connectivity index (χ4v) is 5.68. The summed E-state index contributed by atoms with van der Waals surface area (Å²) in [5.41, 5.74) is 0.135. The van der Waals surface area contributed by atoms with E-state index in [4.69, 9.17) is 11.6 Å². The summed E-state index contributed by atoms with van der Waals surface area (Å²) in [6, 6.07) is 4.87. The monoisotopic (exact) mass is 379 g/mol. The van der Waals surface area contributed by atoms with E-state index in [1.54, 1.807) is 0 Å². The number of nitrogens with zero attached hydrogens (tertiary/aromatic N) is 1. The molecule has 2 amide bonds. The maximum absolute atomic E-state index is 12.9. The van der Waals surface area contributed by atoms with Crippen molar-refractivity contribution in [1.29, 1.82) is 0 Å². The maximum atomic E-state index is 12.9. The van der Waals surface area contributed by atoms with Crippen LogP contribution in [0.25, 0.3) is 0 Å². The quantitative estimate of drug-likeness (QED) is 0.455. The van der Waals surface area contributed by atoms with Crippen molar-refractivity contribution >= 4 is 38.7 Å². The van der Waals surface area contributed by atoms with Gasteiger partial charge in [-0.2, -0.15) is 4.31 Å². The molecule has 1 heterocycles. The van der Waals surface area contributed by atoms with Gasteiger partial charge in [0, 0.05) is 5.56 Å². The molecule has 6 nitrogen and oxygen atoms in total. The Bertz CT molecular complexity index is 889. The van der Waals surface area contributed by atoms with Crippen LogP contribution in [0.1, 0.15) is 23.2 Å². The molecule has 2 fully saturated rings. The molecule has 130 valence electrons. The van der Waals surface area contributed by atoms with Gasteiger partial charge in [-0.1, -0.05) is 12.2 Å². The molecule has 1 aromatic rings. The van der Waals surface area contributed by atoms with E-state index in [1.807, 2.05) is 12.2 Å². The molecule has 25 heavy (non-hydrogen) atoms. The van der Waals surface area contributed by atoms with Crippen molar-refractivity contribution in [2.45, 2.75) is 17.7 Å². The van der Waals surface area contributed by atoms with E-state index in [-0.39, 0.29) is 22.3 Å². The number of imide groups is 1. The summed E-state index contributed by atoms with van der Waals surface area (Å²) in [7, 11) is -4.30. The first kappa shape index (κ1) is 16.5. The van der Waals surface area contributed by atoms with Crippen LogP contribution in [0.2, 0.25) is 0 Å². The number of fused-ring (bicyclic) bond motifs is 1. The summed E-state index contributed by atoms with van der Waals surface area (Å²) in [5, 5.41) is -0.717. The zero-order valence-corrected chi connectivity index (χ0v) is 14.5. The topological polar surface area (TPSA) is 88.6 Å². The Kier molecular flexibility index (Phi) is 3.63. The lowest BCUT2D eigenvalue weighted by molar-refractivity contribution is -0.134. The zero-order chi connectivity index (χ0) is 17.9. The van der Waals surface area contributed by atoms with Crippen LogP contribution in [-0.2, 0) is 19.6 Å². The SMILES string of the molecule is O=C(Cl)c1ccc(S(=O)(=O)N2C(=O)C3C4C=CC(CC4)C3C2=O)cc1. The highest BCUT2D eigenvalue weighted by Crippen LogP contribution is 2.50. The summed E-state index contributed by atoms with van der Waals surface area (Å²) in [6.07, 6.45) is 5.44. The minimum Gasteiger partial charge on any atom is -0.276 e. The molecule has 8 heteroatoms. The number of rotatable bonds is 3. The summed E-state index contributed by atoms with van der Waals surface area (Å²) in [5.74, 6) is -2.63. The summed E-state index contributed by atoms with van der Waals surface area (Å²) in [6.45, 7) is 0. The Hall–Kier alpha value is -1.99. The number of benzene rings is 1. The van der Waals surface area contributed by atoms with E-state index in [9.17, 15) is 22.8 Å². The van der Waals surface area contributed by atoms with E-state index >= 15 is 0 Å². The minimum atomic E-state index is -4.30. The van der Waals surface area contributed by atoms with Gasteiger partial charge in [-0.05, 0) is 60.5 Å². The van der Waals surface area contributed by atoms with Gasteiger partial charge >= 0.3 is 0 Å². The van der Waals surface area contributed by atoms with Crippen LogP contribution in [0.4, 0.5) is 0 Å². The van der Waals surface area contributed by atoms with Crippen LogP contribution < -0.4 is 0 Å². The molecule has 2 bridgehead atoms. The highest BCUT2D eigenvalue weighted by atomic mass is 35.5. The van der Waals surface area contributed by atoms with E-state index in [1.165, 1.54) is 24.3 Å². The first-order valence-electron chi connectivity index (χ1n) is 7.93. The van der Waals surface area contributed by atoms with E-state index in [2.05, 4.69) is 0 Å². The number of amides is 2. The largest absolute Gasteiger partial charge is 0.276 e. The zero-order valence-electron chi connectivity index (χ0n) is 13.0. The van der Waals surface area contributed by atoms with Gasteiger partial charge in [0.05, 0.1) is 16.7 Å². The average Bonchev–Trinajstić information content (AvgIpc) is 2.90. The van der Waals surface area contributed by atoms with Crippen LogP contribution in [0.5, 0.6) is 0 Å². The van der Waals surface area contributed by atoms with Crippen LogP contribution in [0, 0.1) is 23.7 Å². The summed E-state index contributed by atoms with van der Waals surface area (Å²) >= 11 is 5.35. The Morgan fingerprint density at radius 1 is 0.960 bits per heavy atom. The Morgan fingerprint density at radius 2 is 1.44 bits per heavy atom. The predicted octanol–water partition coefficient (Wildman–Crippen LogP) is 1.95. The fraction of sp³-hybridized carbons (Fsp3) is 0.353. The number of allylic oxidation sites excluding steroid dienone is 2. The molecule has 1 aliphatic heterocycles. The molecule has 0 radical (unpaired) electrons. The fourth-order valence-electron chi connectivity index (χ4n) is 4.15. The second kappa shape index (κ2) is 5.51. The Balaban J connectivity index is 1.73. The van der Waals surface area contributed by atoms with Crippen molar-refractivity contribution in [3.8, 4) is 0 Å². The molecule has 3 aliphatic carbocycles. The lowest BCUT2D eigenvalue weighted by Crippen LogP contribution is -2.38. The third-order valence-electron chi connectivity index (χ3n) is 5.34. The lowest BCUT2D eigenvalue weighted by Gasteiger charge is -2.38. The molecule has 1 saturated carbocycles. The molecular formula is C17H14ClNO5S. The number of sulfonamides is 1. The Morgan fingerprint density at radius 3 is 1.84 bits per heavy atom. The first-order valence-corrected chi connectivity index (χ1v) is 9.75. The first-order chi connectivity index (χ1) is 11.8. The van der Waals surface area contributed by atoms with Crippen molar-refractivity contribution in [3.05, 3.63) is 42.0 Å². The van der Waals surface area contributed by atoms with Gasteiger partial charge in [0.2, 0.25) is 11.8 Å². The van der Waals surface area contributed by atoms with Gasteiger partial charge in [-0.25, -0.2) is 8.42 Å². The lowest BCUT2D eigenvalue weighted by atomic mass is 9.63. The van der Waals surface area contributed by atoms with E-state index in [0.717, 1.165) is 12.8 Å². The predicted molar refractivity (Wildman–Crippen MR) is 88.0 cm³/mol. The molecule has 0 spiro atoms. The van der Waals surface area contributed by atoms with Crippen molar-refractivity contribution in [1.82, 2.24) is 4.31 Å².